The van der Waals surface area contributed by atoms with Crippen LogP contribution in [0.25, 0.3) is 22.3 Å². The standard InChI is InChI=1S/C31H28N6O4/c1-35-19-20(17-33-35)29-18-32-27-10-9-21(15-28(27)34-29)36(22-13-23(40-2)16-24(14-22)41-3)11-6-12-37-30(38)25-7-4-5-8-26(25)31(37)39/h4-5,7-10,13-19H,6,11-12H2,1-3H3. The smallest absolute Gasteiger partial charge is 0.261 e. The Morgan fingerprint density at radius 2 is 1.54 bits per heavy atom. The van der Waals surface area contributed by atoms with Crippen LogP contribution in [-0.2, 0) is 7.05 Å². The summed E-state index contributed by atoms with van der Waals surface area (Å²) < 4.78 is 12.8. The lowest BCUT2D eigenvalue weighted by atomic mass is 10.1. The molecular weight excluding hydrogens is 520 g/mol. The second kappa shape index (κ2) is 10.7. The van der Waals surface area contributed by atoms with Gasteiger partial charge in [0, 0.05) is 61.5 Å². The van der Waals surface area contributed by atoms with E-state index in [1.165, 1.54) is 4.90 Å². The molecule has 10 nitrogen and oxygen atoms in total. The molecule has 1 aliphatic rings. The van der Waals surface area contributed by atoms with Gasteiger partial charge in [0.2, 0.25) is 0 Å². The number of fused-ring (bicyclic) bond motifs is 2. The van der Waals surface area contributed by atoms with E-state index in [1.54, 1.807) is 55.6 Å². The Morgan fingerprint density at radius 3 is 2.17 bits per heavy atom. The summed E-state index contributed by atoms with van der Waals surface area (Å²) in [5.74, 6) is 0.765. The third-order valence-electron chi connectivity index (χ3n) is 7.13. The van der Waals surface area contributed by atoms with Crippen LogP contribution in [0, 0.1) is 0 Å². The number of carbonyl (C=O) groups is 2. The summed E-state index contributed by atoms with van der Waals surface area (Å²) in [7, 11) is 5.08. The zero-order valence-corrected chi connectivity index (χ0v) is 22.9. The van der Waals surface area contributed by atoms with Crippen molar-refractivity contribution in [2.75, 3.05) is 32.2 Å². The molecule has 41 heavy (non-hydrogen) atoms. The Hall–Kier alpha value is -5.25. The number of ether oxygens (including phenoxy) is 2. The number of hydrogen-bond donors (Lipinski definition) is 0. The summed E-state index contributed by atoms with van der Waals surface area (Å²) in [6.45, 7) is 0.785. The number of rotatable bonds is 9. The number of methoxy groups -OCH3 is 2. The summed E-state index contributed by atoms with van der Waals surface area (Å²) in [6, 6.07) is 18.5. The predicted molar refractivity (Wildman–Crippen MR) is 155 cm³/mol. The maximum atomic E-state index is 12.9. The predicted octanol–water partition coefficient (Wildman–Crippen LogP) is 4.87. The van der Waals surface area contributed by atoms with E-state index in [0.717, 1.165) is 33.7 Å². The first kappa shape index (κ1) is 26.0. The molecule has 2 aromatic heterocycles. The minimum Gasteiger partial charge on any atom is -0.497 e. The Morgan fingerprint density at radius 1 is 0.829 bits per heavy atom. The third kappa shape index (κ3) is 4.95. The van der Waals surface area contributed by atoms with Crippen molar-refractivity contribution < 1.29 is 19.1 Å². The van der Waals surface area contributed by atoms with Gasteiger partial charge in [0.25, 0.3) is 11.8 Å². The van der Waals surface area contributed by atoms with Crippen LogP contribution in [0.15, 0.2) is 79.3 Å². The molecule has 2 amide bonds. The monoisotopic (exact) mass is 548 g/mol. The van der Waals surface area contributed by atoms with Crippen LogP contribution in [-0.4, -0.2) is 63.8 Å². The van der Waals surface area contributed by atoms with E-state index in [-0.39, 0.29) is 18.4 Å². The van der Waals surface area contributed by atoms with E-state index in [4.69, 9.17) is 14.5 Å². The zero-order chi connectivity index (χ0) is 28.5. The van der Waals surface area contributed by atoms with E-state index in [9.17, 15) is 9.59 Å². The summed E-state index contributed by atoms with van der Waals surface area (Å²) in [5.41, 5.74) is 5.69. The number of amides is 2. The highest BCUT2D eigenvalue weighted by atomic mass is 16.5. The highest BCUT2D eigenvalue weighted by Gasteiger charge is 2.34. The molecule has 10 heteroatoms. The van der Waals surface area contributed by atoms with Crippen molar-refractivity contribution in [3.05, 3.63) is 90.4 Å². The van der Waals surface area contributed by atoms with Crippen molar-refractivity contribution in [3.8, 4) is 22.8 Å². The molecule has 0 unspecified atom stereocenters. The van der Waals surface area contributed by atoms with E-state index < -0.39 is 0 Å². The quantitative estimate of drug-likeness (QED) is 0.240. The molecule has 0 N–H and O–H groups in total. The Kier molecular flexibility index (Phi) is 6.80. The number of anilines is 2. The second-order valence-corrected chi connectivity index (χ2v) is 9.71. The van der Waals surface area contributed by atoms with Crippen LogP contribution in [0.2, 0.25) is 0 Å². The Balaban J connectivity index is 1.33. The van der Waals surface area contributed by atoms with E-state index >= 15 is 0 Å². The van der Waals surface area contributed by atoms with Gasteiger partial charge >= 0.3 is 0 Å². The number of carbonyl (C=O) groups excluding carboxylic acids is 2. The number of imide groups is 1. The molecule has 3 aromatic carbocycles. The van der Waals surface area contributed by atoms with Gasteiger partial charge in [-0.2, -0.15) is 5.10 Å². The van der Waals surface area contributed by atoms with Crippen molar-refractivity contribution in [1.82, 2.24) is 24.6 Å². The number of hydrogen-bond acceptors (Lipinski definition) is 8. The molecule has 0 atom stereocenters. The highest BCUT2D eigenvalue weighted by molar-refractivity contribution is 6.21. The van der Waals surface area contributed by atoms with Gasteiger partial charge in [0.1, 0.15) is 11.5 Å². The van der Waals surface area contributed by atoms with Crippen molar-refractivity contribution in [1.29, 1.82) is 0 Å². The first-order valence-corrected chi connectivity index (χ1v) is 13.2. The van der Waals surface area contributed by atoms with Crippen LogP contribution in [0.3, 0.4) is 0 Å². The Labute approximate surface area is 236 Å². The molecule has 6 rings (SSSR count). The lowest BCUT2D eigenvalue weighted by Gasteiger charge is -2.27. The highest BCUT2D eigenvalue weighted by Crippen LogP contribution is 2.34. The second-order valence-electron chi connectivity index (χ2n) is 9.71. The van der Waals surface area contributed by atoms with E-state index in [2.05, 4.69) is 15.0 Å². The zero-order valence-electron chi connectivity index (χ0n) is 22.9. The summed E-state index contributed by atoms with van der Waals surface area (Å²) in [4.78, 5) is 38.7. The molecule has 1 aliphatic heterocycles. The van der Waals surface area contributed by atoms with Crippen molar-refractivity contribution >= 4 is 34.2 Å². The normalized spacial score (nSPS) is 12.6. The minimum absolute atomic E-state index is 0.260. The molecule has 206 valence electrons. The number of benzene rings is 3. The maximum absolute atomic E-state index is 12.9. The van der Waals surface area contributed by atoms with Gasteiger partial charge in [-0.05, 0) is 36.8 Å². The van der Waals surface area contributed by atoms with Crippen molar-refractivity contribution in [2.24, 2.45) is 7.05 Å². The largest absolute Gasteiger partial charge is 0.497 e. The van der Waals surface area contributed by atoms with Gasteiger partial charge in [-0.1, -0.05) is 12.1 Å². The van der Waals surface area contributed by atoms with Gasteiger partial charge in [0.05, 0.1) is 54.5 Å². The number of aromatic nitrogens is 4. The third-order valence-corrected chi connectivity index (χ3v) is 7.13. The van der Waals surface area contributed by atoms with Crippen LogP contribution in [0.4, 0.5) is 11.4 Å². The fourth-order valence-corrected chi connectivity index (χ4v) is 5.05. The summed E-state index contributed by atoms with van der Waals surface area (Å²) in [5, 5.41) is 4.25. The molecule has 3 heterocycles. The molecule has 5 aromatic rings. The molecule has 0 spiro atoms. The average molecular weight is 549 g/mol. The van der Waals surface area contributed by atoms with Crippen LogP contribution in [0.5, 0.6) is 11.5 Å². The maximum Gasteiger partial charge on any atom is 0.261 e. The number of aryl methyl sites for hydroxylation is 1. The molecule has 0 saturated carbocycles. The lowest BCUT2D eigenvalue weighted by Crippen LogP contribution is -2.32. The molecule has 0 fully saturated rings. The SMILES string of the molecule is COc1cc(OC)cc(N(CCCN2C(=O)c3ccccc3C2=O)c2ccc3ncc(-c4cnn(C)c4)nc3c2)c1. The molecule has 0 radical (unpaired) electrons. The Bertz CT molecular complexity index is 1720. The van der Waals surface area contributed by atoms with Gasteiger partial charge in [-0.15, -0.1) is 0 Å². The van der Waals surface area contributed by atoms with Crippen molar-refractivity contribution in [2.45, 2.75) is 6.42 Å². The van der Waals surface area contributed by atoms with Gasteiger partial charge in [-0.25, -0.2) is 4.98 Å². The fourth-order valence-electron chi connectivity index (χ4n) is 5.05. The van der Waals surface area contributed by atoms with Crippen LogP contribution in [0.1, 0.15) is 27.1 Å². The topological polar surface area (TPSA) is 103 Å². The van der Waals surface area contributed by atoms with Crippen LogP contribution < -0.4 is 14.4 Å². The minimum atomic E-state index is -0.260. The lowest BCUT2D eigenvalue weighted by molar-refractivity contribution is 0.0653. The molecule has 0 saturated heterocycles. The summed E-state index contributed by atoms with van der Waals surface area (Å²) >= 11 is 0. The molecule has 0 aliphatic carbocycles. The first-order valence-electron chi connectivity index (χ1n) is 13.2. The first-order chi connectivity index (χ1) is 19.9. The van der Waals surface area contributed by atoms with E-state index in [0.29, 0.717) is 35.6 Å². The average Bonchev–Trinajstić information content (AvgIpc) is 3.55. The van der Waals surface area contributed by atoms with Gasteiger partial charge < -0.3 is 14.4 Å². The van der Waals surface area contributed by atoms with Crippen molar-refractivity contribution in [3.63, 3.8) is 0 Å². The number of nitrogens with zero attached hydrogens (tertiary/aromatic N) is 6. The summed E-state index contributed by atoms with van der Waals surface area (Å²) in [6.07, 6.45) is 5.93. The van der Waals surface area contributed by atoms with E-state index in [1.807, 2.05) is 49.6 Å². The van der Waals surface area contributed by atoms with Gasteiger partial charge in [-0.3, -0.25) is 24.2 Å². The molecular formula is C31H28N6O4. The van der Waals surface area contributed by atoms with Gasteiger partial charge in [0.15, 0.2) is 0 Å². The molecule has 0 bridgehead atoms. The fraction of sp³-hybridized carbons (Fsp3) is 0.194. The van der Waals surface area contributed by atoms with Crippen LogP contribution >= 0.6 is 0 Å².